The molecule has 4 aromatic rings. The number of aromatic nitrogens is 3. The summed E-state index contributed by atoms with van der Waals surface area (Å²) in [6.07, 6.45) is 0. The summed E-state index contributed by atoms with van der Waals surface area (Å²) in [7, 11) is 1.80. The van der Waals surface area contributed by atoms with Gasteiger partial charge in [0, 0.05) is 7.05 Å². The average molecular weight is 428 g/mol. The second kappa shape index (κ2) is 7.97. The standard InChI is InChI=1S/C22H19ClFN3OS/c1-4-28-15-10-8-14(9-11-15)16-12-29-20(13(16)2)22-25-21(26-27(22)3)19-17(23)6-5-7-18(19)24/h5-12H,4H2,1-3H3. The number of hydrogen-bond acceptors (Lipinski definition) is 4. The zero-order valence-electron chi connectivity index (χ0n) is 16.2. The lowest BCUT2D eigenvalue weighted by Crippen LogP contribution is -1.94. The Hall–Kier alpha value is -2.70. The molecule has 0 bridgehead atoms. The number of ether oxygens (including phenoxy) is 1. The molecule has 0 saturated heterocycles. The summed E-state index contributed by atoms with van der Waals surface area (Å²) in [6.45, 7) is 4.66. The minimum Gasteiger partial charge on any atom is -0.494 e. The first kappa shape index (κ1) is 19.6. The van der Waals surface area contributed by atoms with E-state index in [1.807, 2.05) is 31.2 Å². The van der Waals surface area contributed by atoms with Crippen LogP contribution in [0.2, 0.25) is 5.02 Å². The van der Waals surface area contributed by atoms with Gasteiger partial charge in [-0.05, 0) is 60.2 Å². The smallest absolute Gasteiger partial charge is 0.186 e. The largest absolute Gasteiger partial charge is 0.494 e. The Kier molecular flexibility index (Phi) is 5.39. The van der Waals surface area contributed by atoms with Gasteiger partial charge >= 0.3 is 0 Å². The first-order valence-electron chi connectivity index (χ1n) is 9.16. The third-order valence-corrected chi connectivity index (χ3v) is 6.06. The summed E-state index contributed by atoms with van der Waals surface area (Å²) in [5.74, 6) is 1.37. The van der Waals surface area contributed by atoms with E-state index in [4.69, 9.17) is 16.3 Å². The van der Waals surface area contributed by atoms with Gasteiger partial charge in [0.25, 0.3) is 0 Å². The zero-order chi connectivity index (χ0) is 20.5. The van der Waals surface area contributed by atoms with Gasteiger partial charge in [0.05, 0.1) is 22.1 Å². The van der Waals surface area contributed by atoms with Crippen LogP contribution in [0.15, 0.2) is 47.8 Å². The van der Waals surface area contributed by atoms with Gasteiger partial charge < -0.3 is 4.74 Å². The fraction of sp³-hybridized carbons (Fsp3) is 0.182. The van der Waals surface area contributed by atoms with Gasteiger partial charge in [-0.2, -0.15) is 5.10 Å². The monoisotopic (exact) mass is 427 g/mol. The van der Waals surface area contributed by atoms with Crippen molar-refractivity contribution in [3.05, 3.63) is 64.2 Å². The number of hydrogen-bond donors (Lipinski definition) is 0. The molecule has 0 aliphatic rings. The number of halogens is 2. The van der Waals surface area contributed by atoms with E-state index in [9.17, 15) is 4.39 Å². The number of rotatable bonds is 5. The van der Waals surface area contributed by atoms with Crippen LogP contribution in [0.25, 0.3) is 33.2 Å². The molecule has 0 saturated carbocycles. The van der Waals surface area contributed by atoms with E-state index in [0.29, 0.717) is 17.5 Å². The minimum absolute atomic E-state index is 0.219. The van der Waals surface area contributed by atoms with Crippen LogP contribution in [0.1, 0.15) is 12.5 Å². The molecule has 0 amide bonds. The Morgan fingerprint density at radius 3 is 2.62 bits per heavy atom. The van der Waals surface area contributed by atoms with Crippen LogP contribution >= 0.6 is 22.9 Å². The zero-order valence-corrected chi connectivity index (χ0v) is 17.8. The highest BCUT2D eigenvalue weighted by Crippen LogP contribution is 2.38. The molecule has 0 unspecified atom stereocenters. The quantitative estimate of drug-likeness (QED) is 0.371. The Morgan fingerprint density at radius 1 is 1.17 bits per heavy atom. The molecule has 29 heavy (non-hydrogen) atoms. The number of nitrogens with zero attached hydrogens (tertiary/aromatic N) is 3. The molecule has 2 aromatic heterocycles. The van der Waals surface area contributed by atoms with Crippen LogP contribution in [-0.2, 0) is 7.05 Å². The van der Waals surface area contributed by atoms with Crippen molar-refractivity contribution in [2.45, 2.75) is 13.8 Å². The van der Waals surface area contributed by atoms with Gasteiger partial charge in [0.15, 0.2) is 11.6 Å². The van der Waals surface area contributed by atoms with E-state index in [0.717, 1.165) is 27.3 Å². The molecule has 2 heterocycles. The van der Waals surface area contributed by atoms with E-state index in [1.54, 1.807) is 35.2 Å². The molecule has 148 valence electrons. The summed E-state index contributed by atoms with van der Waals surface area (Å²) >= 11 is 7.77. The molecular weight excluding hydrogens is 409 g/mol. The van der Waals surface area contributed by atoms with Gasteiger partial charge in [-0.3, -0.25) is 0 Å². The number of benzene rings is 2. The topological polar surface area (TPSA) is 39.9 Å². The van der Waals surface area contributed by atoms with Crippen molar-refractivity contribution >= 4 is 22.9 Å². The van der Waals surface area contributed by atoms with Crippen molar-refractivity contribution in [1.82, 2.24) is 14.8 Å². The summed E-state index contributed by atoms with van der Waals surface area (Å²) in [5, 5.41) is 6.80. The second-order valence-corrected chi connectivity index (χ2v) is 7.83. The molecule has 2 aromatic carbocycles. The molecule has 4 nitrogen and oxygen atoms in total. The van der Waals surface area contributed by atoms with Crippen molar-refractivity contribution in [3.8, 4) is 39.0 Å². The first-order valence-corrected chi connectivity index (χ1v) is 10.4. The second-order valence-electron chi connectivity index (χ2n) is 6.54. The lowest BCUT2D eigenvalue weighted by molar-refractivity contribution is 0.340. The fourth-order valence-corrected chi connectivity index (χ4v) is 4.58. The summed E-state index contributed by atoms with van der Waals surface area (Å²) in [4.78, 5) is 5.58. The molecule has 0 aliphatic carbocycles. The lowest BCUT2D eigenvalue weighted by atomic mass is 10.0. The highest BCUT2D eigenvalue weighted by atomic mass is 35.5. The van der Waals surface area contributed by atoms with Crippen LogP contribution in [0.3, 0.4) is 0 Å². The molecule has 7 heteroatoms. The Labute approximate surface area is 177 Å². The first-order chi connectivity index (χ1) is 14.0. The third-order valence-electron chi connectivity index (χ3n) is 4.67. The molecule has 0 radical (unpaired) electrons. The van der Waals surface area contributed by atoms with Crippen LogP contribution in [-0.4, -0.2) is 21.4 Å². The average Bonchev–Trinajstić information content (AvgIpc) is 3.25. The predicted molar refractivity (Wildman–Crippen MR) is 116 cm³/mol. The van der Waals surface area contributed by atoms with E-state index < -0.39 is 5.82 Å². The summed E-state index contributed by atoms with van der Waals surface area (Å²) in [6, 6.07) is 12.6. The van der Waals surface area contributed by atoms with Gasteiger partial charge in [0.1, 0.15) is 11.6 Å². The maximum atomic E-state index is 14.3. The number of thiophene rings is 1. The molecule has 0 spiro atoms. The van der Waals surface area contributed by atoms with Crippen LogP contribution in [0.4, 0.5) is 4.39 Å². The summed E-state index contributed by atoms with van der Waals surface area (Å²) < 4.78 is 21.5. The molecule has 4 rings (SSSR count). The summed E-state index contributed by atoms with van der Waals surface area (Å²) in [5.41, 5.74) is 3.55. The van der Waals surface area contributed by atoms with Gasteiger partial charge in [0.2, 0.25) is 0 Å². The fourth-order valence-electron chi connectivity index (χ4n) is 3.22. The van der Waals surface area contributed by atoms with Crippen LogP contribution < -0.4 is 4.74 Å². The Balaban J connectivity index is 1.73. The molecule has 0 aliphatic heterocycles. The molecule has 0 atom stereocenters. The predicted octanol–water partition coefficient (Wildman–Crippen LogP) is 6.38. The lowest BCUT2D eigenvalue weighted by Gasteiger charge is -2.05. The SMILES string of the molecule is CCOc1ccc(-c2csc(-c3nc(-c4c(F)cccc4Cl)nn3C)c2C)cc1. The highest BCUT2D eigenvalue weighted by Gasteiger charge is 2.20. The van der Waals surface area contributed by atoms with E-state index in [1.165, 1.54) is 6.07 Å². The normalized spacial score (nSPS) is 11.1. The van der Waals surface area contributed by atoms with Crippen molar-refractivity contribution in [2.24, 2.45) is 7.05 Å². The van der Waals surface area contributed by atoms with Crippen molar-refractivity contribution in [3.63, 3.8) is 0 Å². The van der Waals surface area contributed by atoms with E-state index in [2.05, 4.69) is 22.4 Å². The van der Waals surface area contributed by atoms with Crippen molar-refractivity contribution in [1.29, 1.82) is 0 Å². The van der Waals surface area contributed by atoms with Gasteiger partial charge in [-0.25, -0.2) is 14.1 Å². The Morgan fingerprint density at radius 2 is 1.93 bits per heavy atom. The van der Waals surface area contributed by atoms with E-state index in [-0.39, 0.29) is 11.4 Å². The van der Waals surface area contributed by atoms with Gasteiger partial charge in [-0.1, -0.05) is 29.8 Å². The third kappa shape index (κ3) is 3.66. The van der Waals surface area contributed by atoms with Crippen LogP contribution in [0, 0.1) is 12.7 Å². The van der Waals surface area contributed by atoms with Crippen molar-refractivity contribution in [2.75, 3.05) is 6.61 Å². The van der Waals surface area contributed by atoms with Crippen LogP contribution in [0.5, 0.6) is 5.75 Å². The molecular formula is C22H19ClFN3OS. The van der Waals surface area contributed by atoms with Crippen molar-refractivity contribution < 1.29 is 9.13 Å². The maximum Gasteiger partial charge on any atom is 0.186 e. The maximum absolute atomic E-state index is 14.3. The molecule has 0 N–H and O–H groups in total. The van der Waals surface area contributed by atoms with E-state index >= 15 is 0 Å². The highest BCUT2D eigenvalue weighted by molar-refractivity contribution is 7.14. The van der Waals surface area contributed by atoms with Gasteiger partial charge in [-0.15, -0.1) is 11.3 Å². The minimum atomic E-state index is -0.437. The number of aryl methyl sites for hydroxylation is 1. The Bertz CT molecular complexity index is 1150. The molecule has 0 fully saturated rings.